The highest BCUT2D eigenvalue weighted by Gasteiger charge is 2.45. The fourth-order valence-corrected chi connectivity index (χ4v) is 4.28. The Labute approximate surface area is 203 Å². The van der Waals surface area contributed by atoms with Crippen LogP contribution in [0, 0.1) is 12.3 Å². The topological polar surface area (TPSA) is 141 Å². The Balaban J connectivity index is 1.82. The molecule has 3 atom stereocenters. The van der Waals surface area contributed by atoms with Crippen molar-refractivity contribution >= 4 is 23.7 Å². The van der Waals surface area contributed by atoms with Gasteiger partial charge in [-0.05, 0) is 30.7 Å². The average Bonchev–Trinajstić information content (AvgIpc) is 3.37. The second-order valence-electron chi connectivity index (χ2n) is 9.45. The number of primary amides is 1. The molecule has 10 heteroatoms. The fourth-order valence-electron chi connectivity index (χ4n) is 4.28. The van der Waals surface area contributed by atoms with Crippen LogP contribution in [-0.2, 0) is 25.5 Å². The highest BCUT2D eigenvalue weighted by Crippen LogP contribution is 2.29. The van der Waals surface area contributed by atoms with E-state index in [0.29, 0.717) is 12.2 Å². The predicted octanol–water partition coefficient (Wildman–Crippen LogP) is 1.98. The van der Waals surface area contributed by atoms with E-state index < -0.39 is 47.3 Å². The first kappa shape index (κ1) is 26.0. The number of aryl methyl sites for hydroxylation is 1. The van der Waals surface area contributed by atoms with Gasteiger partial charge in [-0.1, -0.05) is 44.2 Å². The maximum absolute atomic E-state index is 13.6. The van der Waals surface area contributed by atoms with Crippen molar-refractivity contribution in [3.05, 3.63) is 54.0 Å². The van der Waals surface area contributed by atoms with E-state index in [2.05, 4.69) is 5.32 Å². The number of ketones is 1. The minimum absolute atomic E-state index is 0.221. The second-order valence-corrected chi connectivity index (χ2v) is 9.45. The average molecular weight is 486 g/mol. The Morgan fingerprint density at radius 1 is 1.23 bits per heavy atom. The zero-order chi connectivity index (χ0) is 25.8. The third kappa shape index (κ3) is 6.48. The molecule has 1 aliphatic rings. The van der Waals surface area contributed by atoms with Crippen LogP contribution in [0.15, 0.2) is 47.1 Å². The van der Waals surface area contributed by atoms with E-state index in [1.54, 1.807) is 6.92 Å². The minimum atomic E-state index is -1.25. The summed E-state index contributed by atoms with van der Waals surface area (Å²) in [4.78, 5) is 51.6. The van der Waals surface area contributed by atoms with Crippen molar-refractivity contribution in [2.24, 2.45) is 11.1 Å². The van der Waals surface area contributed by atoms with Gasteiger partial charge in [0.05, 0.1) is 6.26 Å². The van der Waals surface area contributed by atoms with Gasteiger partial charge in [-0.2, -0.15) is 0 Å². The Hall–Kier alpha value is -3.66. The molecule has 3 amide bonds. The van der Waals surface area contributed by atoms with Crippen LogP contribution in [0.4, 0.5) is 4.79 Å². The Morgan fingerprint density at radius 2 is 1.91 bits per heavy atom. The summed E-state index contributed by atoms with van der Waals surface area (Å²) < 4.78 is 15.6. The molecule has 1 saturated heterocycles. The molecule has 1 fully saturated rings. The van der Waals surface area contributed by atoms with Crippen LogP contribution in [0.5, 0.6) is 5.75 Å². The van der Waals surface area contributed by atoms with Crippen molar-refractivity contribution in [1.82, 2.24) is 10.2 Å². The number of nitrogens with one attached hydrogen (secondary N) is 1. The lowest BCUT2D eigenvalue weighted by Gasteiger charge is -2.34. The summed E-state index contributed by atoms with van der Waals surface area (Å²) >= 11 is 0. The zero-order valence-electron chi connectivity index (χ0n) is 20.3. The molecule has 3 N–H and O–H groups in total. The number of likely N-dealkylation sites (N-methyl/N-ethyl adjacent to an activating group) is 1. The van der Waals surface area contributed by atoms with E-state index in [0.717, 1.165) is 10.5 Å². The molecule has 35 heavy (non-hydrogen) atoms. The lowest BCUT2D eigenvalue weighted by molar-refractivity contribution is -0.141. The molecule has 1 aliphatic heterocycles. The SMILES string of the molecule is Cc1occc1OC(=O)N[C@@H](CC(C)(C)Cc1ccccc1)C(=O)N(C)C1C(=O)COC1C(N)=O. The first-order chi connectivity index (χ1) is 16.5. The molecule has 1 aromatic carbocycles. The molecule has 0 aliphatic carbocycles. The van der Waals surface area contributed by atoms with Crippen molar-refractivity contribution in [3.8, 4) is 5.75 Å². The number of benzene rings is 1. The number of furan rings is 1. The molecule has 188 valence electrons. The molecule has 2 aromatic rings. The van der Waals surface area contributed by atoms with Crippen LogP contribution < -0.4 is 15.8 Å². The van der Waals surface area contributed by atoms with Gasteiger partial charge in [0.25, 0.3) is 0 Å². The van der Waals surface area contributed by atoms with Crippen LogP contribution >= 0.6 is 0 Å². The summed E-state index contributed by atoms with van der Waals surface area (Å²) in [6, 6.07) is 9.02. The highest BCUT2D eigenvalue weighted by atomic mass is 16.6. The molecular weight excluding hydrogens is 454 g/mol. The fraction of sp³-hybridized carbons (Fsp3) is 0.440. The third-order valence-corrected chi connectivity index (χ3v) is 5.95. The van der Waals surface area contributed by atoms with Gasteiger partial charge in [-0.15, -0.1) is 0 Å². The monoisotopic (exact) mass is 485 g/mol. The van der Waals surface area contributed by atoms with E-state index in [1.807, 2.05) is 44.2 Å². The van der Waals surface area contributed by atoms with E-state index >= 15 is 0 Å². The first-order valence-corrected chi connectivity index (χ1v) is 11.2. The molecule has 2 heterocycles. The number of hydrogen-bond acceptors (Lipinski definition) is 7. The summed E-state index contributed by atoms with van der Waals surface area (Å²) in [6.07, 6.45) is 0.140. The largest absolute Gasteiger partial charge is 0.466 e. The van der Waals surface area contributed by atoms with Crippen LogP contribution in [-0.4, -0.2) is 60.4 Å². The van der Waals surface area contributed by atoms with Crippen molar-refractivity contribution in [2.45, 2.75) is 51.8 Å². The van der Waals surface area contributed by atoms with E-state index in [-0.39, 0.29) is 18.8 Å². The van der Waals surface area contributed by atoms with Gasteiger partial charge in [0.15, 0.2) is 17.6 Å². The highest BCUT2D eigenvalue weighted by molar-refractivity contribution is 5.99. The van der Waals surface area contributed by atoms with E-state index in [9.17, 15) is 19.2 Å². The Bertz CT molecular complexity index is 1080. The maximum atomic E-state index is 13.6. The molecule has 3 rings (SSSR count). The van der Waals surface area contributed by atoms with Gasteiger partial charge >= 0.3 is 6.09 Å². The number of hydrogen-bond donors (Lipinski definition) is 2. The summed E-state index contributed by atoms with van der Waals surface area (Å²) in [6.45, 7) is 5.26. The standard InChI is InChI=1S/C25H31N3O7/c1-15-19(10-11-33-15)35-24(32)27-17(13-25(2,3)12-16-8-6-5-7-9-16)23(31)28(4)20-18(29)14-34-21(20)22(26)30/h5-11,17,20-21H,12-14H2,1-4H3,(H2,26,30)(H,27,32)/t17-,20?,21?/m0/s1. The maximum Gasteiger partial charge on any atom is 0.413 e. The first-order valence-electron chi connectivity index (χ1n) is 11.2. The summed E-state index contributed by atoms with van der Waals surface area (Å²) in [5, 5.41) is 2.63. The van der Waals surface area contributed by atoms with Gasteiger partial charge in [0.1, 0.15) is 24.5 Å². The lowest BCUT2D eigenvalue weighted by Crippen LogP contribution is -2.57. The van der Waals surface area contributed by atoms with Crippen molar-refractivity contribution < 1.29 is 33.1 Å². The van der Waals surface area contributed by atoms with Gasteiger partial charge in [-0.3, -0.25) is 14.4 Å². The third-order valence-electron chi connectivity index (χ3n) is 5.95. The number of carbonyl (C=O) groups is 4. The van der Waals surface area contributed by atoms with Crippen LogP contribution in [0.25, 0.3) is 0 Å². The Morgan fingerprint density at radius 3 is 2.51 bits per heavy atom. The number of carbonyl (C=O) groups excluding carboxylic acids is 4. The van der Waals surface area contributed by atoms with E-state index in [1.165, 1.54) is 19.4 Å². The molecule has 1 aromatic heterocycles. The van der Waals surface area contributed by atoms with Crippen LogP contribution in [0.3, 0.4) is 0 Å². The smallest absolute Gasteiger partial charge is 0.413 e. The number of amides is 3. The summed E-state index contributed by atoms with van der Waals surface area (Å²) in [5.41, 5.74) is 6.01. The molecule has 10 nitrogen and oxygen atoms in total. The lowest BCUT2D eigenvalue weighted by atomic mass is 9.79. The van der Waals surface area contributed by atoms with Crippen LogP contribution in [0.2, 0.25) is 0 Å². The quantitative estimate of drug-likeness (QED) is 0.553. The molecule has 0 bridgehead atoms. The Kier molecular flexibility index (Phi) is 7.96. The van der Waals surface area contributed by atoms with Gasteiger partial charge in [0.2, 0.25) is 11.8 Å². The number of ether oxygens (including phenoxy) is 2. The zero-order valence-corrected chi connectivity index (χ0v) is 20.3. The second kappa shape index (κ2) is 10.7. The van der Waals surface area contributed by atoms with E-state index in [4.69, 9.17) is 19.6 Å². The number of nitrogens with two attached hydrogens (primary N) is 1. The van der Waals surface area contributed by atoms with Crippen molar-refractivity contribution in [3.63, 3.8) is 0 Å². The minimum Gasteiger partial charge on any atom is -0.466 e. The van der Waals surface area contributed by atoms with Gasteiger partial charge < -0.3 is 29.8 Å². The molecule has 0 spiro atoms. The van der Waals surface area contributed by atoms with Crippen LogP contribution in [0.1, 0.15) is 31.6 Å². The molecule has 0 radical (unpaired) electrons. The van der Waals surface area contributed by atoms with Crippen molar-refractivity contribution in [2.75, 3.05) is 13.7 Å². The molecule has 0 saturated carbocycles. The number of Topliss-reactive ketones (excluding diaryl/α,β-unsaturated/α-hetero) is 1. The summed E-state index contributed by atoms with van der Waals surface area (Å²) in [5.74, 6) is -1.23. The summed E-state index contributed by atoms with van der Waals surface area (Å²) in [7, 11) is 1.39. The van der Waals surface area contributed by atoms with Crippen molar-refractivity contribution in [1.29, 1.82) is 0 Å². The molecular formula is C25H31N3O7. The molecule has 2 unspecified atom stereocenters. The van der Waals surface area contributed by atoms with Gasteiger partial charge in [0, 0.05) is 13.1 Å². The normalized spacial score (nSPS) is 18.7. The predicted molar refractivity (Wildman–Crippen MR) is 125 cm³/mol. The van der Waals surface area contributed by atoms with Gasteiger partial charge in [-0.25, -0.2) is 4.79 Å². The number of rotatable bonds is 9. The number of nitrogens with zero attached hydrogens (tertiary/aromatic N) is 1.